The fourth-order valence-corrected chi connectivity index (χ4v) is 10.0. The molecule has 0 bridgehead atoms. The maximum atomic E-state index is 13.4. The molecule has 2 aromatic rings. The first-order valence-corrected chi connectivity index (χ1v) is 14.6. The highest BCUT2D eigenvalue weighted by atomic mass is 28.4. The Labute approximate surface area is 217 Å². The van der Waals surface area contributed by atoms with Crippen LogP contribution in [0, 0.1) is 0 Å². The zero-order valence-corrected chi connectivity index (χ0v) is 23.9. The number of ether oxygens (including phenoxy) is 2. The van der Waals surface area contributed by atoms with Crippen LogP contribution in [0.15, 0.2) is 60.7 Å². The smallest absolute Gasteiger partial charge is 0.411 e. The Kier molecular flexibility index (Phi) is 8.36. The third kappa shape index (κ3) is 5.68. The van der Waals surface area contributed by atoms with Crippen molar-refractivity contribution in [3.63, 3.8) is 0 Å². The molecule has 7 heteroatoms. The monoisotopic (exact) mass is 511 g/mol. The highest BCUT2D eigenvalue weighted by Crippen LogP contribution is 2.39. The van der Waals surface area contributed by atoms with E-state index in [1.807, 2.05) is 39.8 Å². The minimum Gasteiger partial charge on any atom is -0.467 e. The second-order valence-electron chi connectivity index (χ2n) is 11.6. The number of nitrogens with zero attached hydrogens (tertiary/aromatic N) is 1. The van der Waals surface area contributed by atoms with Gasteiger partial charge in [-0.3, -0.25) is 4.90 Å². The van der Waals surface area contributed by atoms with Gasteiger partial charge < -0.3 is 13.9 Å². The summed E-state index contributed by atoms with van der Waals surface area (Å²) < 4.78 is 18.0. The average molecular weight is 512 g/mol. The Morgan fingerprint density at radius 1 is 0.889 bits per heavy atom. The fraction of sp³-hybridized carbons (Fsp3) is 0.517. The van der Waals surface area contributed by atoms with Crippen molar-refractivity contribution in [3.8, 4) is 0 Å². The average Bonchev–Trinajstić information content (AvgIpc) is 3.27. The molecule has 196 valence electrons. The van der Waals surface area contributed by atoms with Crippen molar-refractivity contribution in [2.24, 2.45) is 0 Å². The van der Waals surface area contributed by atoms with E-state index in [4.69, 9.17) is 13.9 Å². The number of hydrogen-bond donors (Lipinski definition) is 0. The van der Waals surface area contributed by atoms with E-state index in [0.717, 1.165) is 0 Å². The van der Waals surface area contributed by atoms with Crippen LogP contribution in [0.4, 0.5) is 4.79 Å². The summed E-state index contributed by atoms with van der Waals surface area (Å²) in [6.45, 7) is 14.2. The minimum atomic E-state index is -2.84. The van der Waals surface area contributed by atoms with Crippen LogP contribution in [-0.4, -0.2) is 56.2 Å². The van der Waals surface area contributed by atoms with Gasteiger partial charge in [0.05, 0.1) is 19.3 Å². The van der Waals surface area contributed by atoms with E-state index in [1.54, 1.807) is 4.90 Å². The Balaban J connectivity index is 2.08. The molecule has 0 radical (unpaired) electrons. The van der Waals surface area contributed by atoms with Crippen molar-refractivity contribution in [3.05, 3.63) is 60.7 Å². The molecule has 6 nitrogen and oxygen atoms in total. The molecule has 1 amide bonds. The van der Waals surface area contributed by atoms with Gasteiger partial charge in [0, 0.05) is 0 Å². The summed E-state index contributed by atoms with van der Waals surface area (Å²) in [4.78, 5) is 27.6. The molecule has 0 aromatic heterocycles. The zero-order valence-electron chi connectivity index (χ0n) is 22.9. The Morgan fingerprint density at radius 3 is 1.81 bits per heavy atom. The Morgan fingerprint density at radius 2 is 1.39 bits per heavy atom. The van der Waals surface area contributed by atoms with E-state index in [0.29, 0.717) is 12.8 Å². The van der Waals surface area contributed by atoms with E-state index < -0.39 is 32.0 Å². The summed E-state index contributed by atoms with van der Waals surface area (Å²) in [5.41, 5.74) is -0.688. The number of carbonyl (C=O) groups is 2. The second kappa shape index (κ2) is 10.8. The molecule has 2 unspecified atom stereocenters. The van der Waals surface area contributed by atoms with Crippen LogP contribution in [-0.2, 0) is 18.7 Å². The maximum absolute atomic E-state index is 13.4. The molecule has 1 aliphatic heterocycles. The summed E-state index contributed by atoms with van der Waals surface area (Å²) in [6, 6.07) is 19.8. The third-order valence-electron chi connectivity index (χ3n) is 6.83. The summed E-state index contributed by atoms with van der Waals surface area (Å²) in [5, 5.41) is 2.13. The fourth-order valence-electron chi connectivity index (χ4n) is 5.29. The minimum absolute atomic E-state index is 0.207. The normalized spacial score (nSPS) is 19.6. The SMILES string of the molecule is COC(=O)C1CC[C@@H](C(C)O[Si](c2ccccc2)(c2ccccc2)C(C)(C)C)N1C(=O)OC(C)(C)C. The van der Waals surface area contributed by atoms with E-state index in [1.165, 1.54) is 17.5 Å². The molecule has 36 heavy (non-hydrogen) atoms. The van der Waals surface area contributed by atoms with Gasteiger partial charge in [-0.05, 0) is 55.9 Å². The summed E-state index contributed by atoms with van der Waals surface area (Å²) >= 11 is 0. The standard InChI is InChI=1S/C29H41NO5Si/c1-21(24-19-20-25(26(31)33-8)30(24)27(32)34-28(2,3)4)35-36(29(5,6)7,22-15-11-9-12-16-22)23-17-13-10-14-18-23/h9-18,21,24-25H,19-20H2,1-8H3/t21?,24-,25?/m0/s1. The Bertz CT molecular complexity index is 990. The lowest BCUT2D eigenvalue weighted by atomic mass is 10.1. The van der Waals surface area contributed by atoms with Crippen molar-refractivity contribution < 1.29 is 23.5 Å². The van der Waals surface area contributed by atoms with Gasteiger partial charge in [-0.25, -0.2) is 9.59 Å². The number of esters is 1. The quantitative estimate of drug-likeness (QED) is 0.408. The van der Waals surface area contributed by atoms with Crippen LogP contribution < -0.4 is 10.4 Å². The molecule has 3 atom stereocenters. The van der Waals surface area contributed by atoms with Crippen molar-refractivity contribution in [1.82, 2.24) is 4.90 Å². The molecule has 1 fully saturated rings. The Hall–Kier alpha value is -2.64. The summed E-state index contributed by atoms with van der Waals surface area (Å²) in [6.07, 6.45) is 0.264. The van der Waals surface area contributed by atoms with Crippen LogP contribution in [0.3, 0.4) is 0 Å². The van der Waals surface area contributed by atoms with Crippen molar-refractivity contribution in [1.29, 1.82) is 0 Å². The largest absolute Gasteiger partial charge is 0.467 e. The van der Waals surface area contributed by atoms with Crippen LogP contribution in [0.25, 0.3) is 0 Å². The lowest BCUT2D eigenvalue weighted by Gasteiger charge is -2.46. The van der Waals surface area contributed by atoms with Crippen molar-refractivity contribution in [2.45, 2.75) is 90.1 Å². The van der Waals surface area contributed by atoms with E-state index in [9.17, 15) is 9.59 Å². The van der Waals surface area contributed by atoms with Gasteiger partial charge in [-0.2, -0.15) is 0 Å². The molecule has 0 saturated carbocycles. The van der Waals surface area contributed by atoms with Gasteiger partial charge in [-0.1, -0.05) is 81.4 Å². The second-order valence-corrected chi connectivity index (χ2v) is 15.8. The first kappa shape index (κ1) is 27.9. The lowest BCUT2D eigenvalue weighted by molar-refractivity contribution is -0.146. The predicted molar refractivity (Wildman–Crippen MR) is 145 cm³/mol. The predicted octanol–water partition coefficient (Wildman–Crippen LogP) is 4.89. The number of carbonyl (C=O) groups excluding carboxylic acids is 2. The van der Waals surface area contributed by atoms with E-state index >= 15 is 0 Å². The third-order valence-corrected chi connectivity index (χ3v) is 12.0. The zero-order chi connectivity index (χ0) is 26.7. The van der Waals surface area contributed by atoms with Crippen LogP contribution in [0.1, 0.15) is 61.3 Å². The van der Waals surface area contributed by atoms with E-state index in [2.05, 4.69) is 69.3 Å². The van der Waals surface area contributed by atoms with Gasteiger partial charge in [0.2, 0.25) is 0 Å². The highest BCUT2D eigenvalue weighted by Gasteiger charge is 2.54. The molecular formula is C29H41NO5Si. The molecule has 3 rings (SSSR count). The molecule has 0 aliphatic carbocycles. The van der Waals surface area contributed by atoms with Crippen LogP contribution in [0.2, 0.25) is 5.04 Å². The number of rotatable bonds is 6. The number of hydrogen-bond acceptors (Lipinski definition) is 5. The van der Waals surface area contributed by atoms with Gasteiger partial charge in [0.25, 0.3) is 8.32 Å². The summed E-state index contributed by atoms with van der Waals surface area (Å²) in [5.74, 6) is -0.430. The summed E-state index contributed by atoms with van der Waals surface area (Å²) in [7, 11) is -1.49. The van der Waals surface area contributed by atoms with Gasteiger partial charge in [-0.15, -0.1) is 0 Å². The van der Waals surface area contributed by atoms with Crippen molar-refractivity contribution >= 4 is 30.8 Å². The molecule has 0 N–H and O–H groups in total. The first-order chi connectivity index (χ1) is 16.8. The van der Waals surface area contributed by atoms with Gasteiger partial charge >= 0.3 is 12.1 Å². The van der Waals surface area contributed by atoms with E-state index in [-0.39, 0.29) is 17.2 Å². The van der Waals surface area contributed by atoms with Crippen LogP contribution >= 0.6 is 0 Å². The number of amides is 1. The lowest BCUT2D eigenvalue weighted by Crippen LogP contribution is -2.68. The van der Waals surface area contributed by atoms with Gasteiger partial charge in [0.15, 0.2) is 0 Å². The number of benzene rings is 2. The highest BCUT2D eigenvalue weighted by molar-refractivity contribution is 6.99. The first-order valence-electron chi connectivity index (χ1n) is 12.7. The molecular weight excluding hydrogens is 470 g/mol. The number of methoxy groups -OCH3 is 1. The van der Waals surface area contributed by atoms with Crippen molar-refractivity contribution in [2.75, 3.05) is 7.11 Å². The molecule has 0 spiro atoms. The molecule has 1 heterocycles. The maximum Gasteiger partial charge on any atom is 0.411 e. The molecule has 1 aliphatic rings. The molecule has 1 saturated heterocycles. The topological polar surface area (TPSA) is 65.1 Å². The van der Waals surface area contributed by atoms with Crippen LogP contribution in [0.5, 0.6) is 0 Å². The number of likely N-dealkylation sites (tertiary alicyclic amines) is 1. The molecule has 2 aromatic carbocycles. The van der Waals surface area contributed by atoms with Gasteiger partial charge in [0.1, 0.15) is 11.6 Å².